The van der Waals surface area contributed by atoms with E-state index in [1.54, 1.807) is 0 Å². The second-order valence-electron chi connectivity index (χ2n) is 1.73. The van der Waals surface area contributed by atoms with Gasteiger partial charge in [-0.1, -0.05) is 0 Å². The van der Waals surface area contributed by atoms with Crippen LogP contribution >= 0.6 is 0 Å². The van der Waals surface area contributed by atoms with Gasteiger partial charge >= 0.3 is 0 Å². The average Bonchev–Trinajstić information content (AvgIpc) is 1.85. The van der Waals surface area contributed by atoms with Gasteiger partial charge in [-0.15, -0.1) is 0 Å². The van der Waals surface area contributed by atoms with Crippen molar-refractivity contribution >= 4 is 0 Å². The van der Waals surface area contributed by atoms with Gasteiger partial charge in [0.05, 0.1) is 7.11 Å². The molecule has 0 atom stereocenters. The summed E-state index contributed by atoms with van der Waals surface area (Å²) in [6, 6.07) is 2.02. The minimum Gasteiger partial charge on any atom is -0.482 e. The molecule has 1 rings (SSSR count). The summed E-state index contributed by atoms with van der Waals surface area (Å²) >= 11 is 0. The van der Waals surface area contributed by atoms with E-state index in [9.17, 15) is 9.18 Å². The highest BCUT2D eigenvalue weighted by molar-refractivity contribution is 5.10. The van der Waals surface area contributed by atoms with E-state index in [1.807, 2.05) is 0 Å². The summed E-state index contributed by atoms with van der Waals surface area (Å²) in [5.41, 5.74) is -0.409. The second-order valence-corrected chi connectivity index (χ2v) is 1.73. The Kier molecular flexibility index (Phi) is 1.71. The molecule has 0 amide bonds. The zero-order valence-electron chi connectivity index (χ0n) is 5.35. The van der Waals surface area contributed by atoms with Crippen molar-refractivity contribution in [3.8, 4) is 5.88 Å². The van der Waals surface area contributed by atoms with Gasteiger partial charge in [0.2, 0.25) is 0 Å². The molecule has 0 bridgehead atoms. The third-order valence-corrected chi connectivity index (χ3v) is 1.00. The molecule has 54 valence electrons. The highest BCUT2D eigenvalue weighted by atomic mass is 19.1. The largest absolute Gasteiger partial charge is 0.482 e. The van der Waals surface area contributed by atoms with Crippen molar-refractivity contribution in [2.24, 2.45) is 0 Å². The number of ether oxygens (including phenoxy) is 1. The van der Waals surface area contributed by atoms with E-state index in [4.69, 9.17) is 0 Å². The number of hydrogen-bond acceptors (Lipinski definition) is 2. The second kappa shape index (κ2) is 2.51. The number of methoxy groups -OCH3 is 1. The van der Waals surface area contributed by atoms with Gasteiger partial charge in [-0.3, -0.25) is 4.79 Å². The molecular formula is C6H6FNO2. The van der Waals surface area contributed by atoms with Crippen molar-refractivity contribution < 1.29 is 9.13 Å². The lowest BCUT2D eigenvalue weighted by Gasteiger charge is -1.96. The van der Waals surface area contributed by atoms with Gasteiger partial charge in [-0.05, 0) is 0 Å². The molecule has 0 radical (unpaired) electrons. The quantitative estimate of drug-likeness (QED) is 0.582. The van der Waals surface area contributed by atoms with Crippen molar-refractivity contribution in [3.05, 3.63) is 28.3 Å². The lowest BCUT2D eigenvalue weighted by molar-refractivity contribution is 0.387. The van der Waals surface area contributed by atoms with Crippen LogP contribution in [-0.4, -0.2) is 12.1 Å². The molecule has 3 nitrogen and oxygen atoms in total. The molecule has 0 aliphatic carbocycles. The zero-order valence-corrected chi connectivity index (χ0v) is 5.35. The lowest BCUT2D eigenvalue weighted by atomic mass is 10.5. The zero-order chi connectivity index (χ0) is 7.56. The first-order chi connectivity index (χ1) is 4.72. The number of halogens is 1. The van der Waals surface area contributed by atoms with Crippen LogP contribution in [0.15, 0.2) is 16.9 Å². The van der Waals surface area contributed by atoms with Crippen LogP contribution in [0.2, 0.25) is 0 Å². The Morgan fingerprint density at radius 1 is 1.60 bits per heavy atom. The molecule has 1 aromatic heterocycles. The fourth-order valence-corrected chi connectivity index (χ4v) is 0.596. The maximum Gasteiger partial charge on any atom is 0.197 e. The van der Waals surface area contributed by atoms with Crippen LogP contribution in [0.25, 0.3) is 0 Å². The number of aromatic nitrogens is 1. The van der Waals surface area contributed by atoms with Gasteiger partial charge < -0.3 is 9.72 Å². The molecule has 10 heavy (non-hydrogen) atoms. The number of hydrogen-bond donors (Lipinski definition) is 1. The molecular weight excluding hydrogens is 137 g/mol. The predicted octanol–water partition coefficient (Wildman–Crippen LogP) is 0.523. The molecule has 0 saturated carbocycles. The standard InChI is InChI=1S/C6H6FNO2/c1-10-6-3-4(9)2-5(7)8-6/h2-3H,1H3,(H,8,9). The monoisotopic (exact) mass is 143 g/mol. The van der Waals surface area contributed by atoms with Crippen LogP contribution in [-0.2, 0) is 0 Å². The summed E-state index contributed by atoms with van der Waals surface area (Å²) in [5, 5.41) is 0. The summed E-state index contributed by atoms with van der Waals surface area (Å²) in [6.45, 7) is 0. The van der Waals surface area contributed by atoms with Gasteiger partial charge in [-0.25, -0.2) is 0 Å². The number of nitrogens with one attached hydrogen (secondary N) is 1. The van der Waals surface area contributed by atoms with E-state index in [-0.39, 0.29) is 5.88 Å². The smallest absolute Gasteiger partial charge is 0.197 e. The van der Waals surface area contributed by atoms with Gasteiger partial charge in [0.15, 0.2) is 17.3 Å². The molecule has 0 saturated heterocycles. The fraction of sp³-hybridized carbons (Fsp3) is 0.167. The number of pyridine rings is 1. The summed E-state index contributed by atoms with van der Waals surface area (Å²) in [4.78, 5) is 12.7. The molecule has 0 aliphatic rings. The SMILES string of the molecule is COc1cc(=O)cc(F)[nH]1. The lowest BCUT2D eigenvalue weighted by Crippen LogP contribution is -2.02. The third-order valence-electron chi connectivity index (χ3n) is 1.00. The molecule has 1 N–H and O–H groups in total. The fourth-order valence-electron chi connectivity index (χ4n) is 0.596. The molecule has 0 unspecified atom stereocenters. The van der Waals surface area contributed by atoms with E-state index >= 15 is 0 Å². The van der Waals surface area contributed by atoms with Crippen LogP contribution in [0.3, 0.4) is 0 Å². The van der Waals surface area contributed by atoms with Crippen LogP contribution < -0.4 is 10.2 Å². The summed E-state index contributed by atoms with van der Waals surface area (Å²) < 4.78 is 16.9. The minimum absolute atomic E-state index is 0.130. The number of rotatable bonds is 1. The van der Waals surface area contributed by atoms with E-state index in [0.29, 0.717) is 0 Å². The Labute approximate surface area is 56.5 Å². The van der Waals surface area contributed by atoms with Crippen molar-refractivity contribution in [3.63, 3.8) is 0 Å². The van der Waals surface area contributed by atoms with Crippen molar-refractivity contribution in [2.45, 2.75) is 0 Å². The van der Waals surface area contributed by atoms with Gasteiger partial charge in [-0.2, -0.15) is 4.39 Å². The molecule has 0 aromatic carbocycles. The minimum atomic E-state index is -0.690. The van der Waals surface area contributed by atoms with Crippen molar-refractivity contribution in [2.75, 3.05) is 7.11 Å². The Morgan fingerprint density at radius 3 is 2.80 bits per heavy atom. The molecule has 0 aliphatic heterocycles. The predicted molar refractivity (Wildman–Crippen MR) is 33.6 cm³/mol. The van der Waals surface area contributed by atoms with Gasteiger partial charge in [0, 0.05) is 12.1 Å². The topological polar surface area (TPSA) is 42.1 Å². The van der Waals surface area contributed by atoms with Gasteiger partial charge in [0.1, 0.15) is 0 Å². The van der Waals surface area contributed by atoms with Crippen molar-refractivity contribution in [1.29, 1.82) is 0 Å². The van der Waals surface area contributed by atoms with Crippen LogP contribution in [0, 0.1) is 5.95 Å². The first-order valence-electron chi connectivity index (χ1n) is 2.66. The van der Waals surface area contributed by atoms with E-state index in [0.717, 1.165) is 6.07 Å². The summed E-state index contributed by atoms with van der Waals surface area (Å²) in [5.74, 6) is -0.561. The average molecular weight is 143 g/mol. The normalized spacial score (nSPS) is 9.40. The van der Waals surface area contributed by atoms with E-state index < -0.39 is 11.4 Å². The molecule has 1 aromatic rings. The Hall–Kier alpha value is -1.32. The highest BCUT2D eigenvalue weighted by Crippen LogP contribution is 1.99. The van der Waals surface area contributed by atoms with Crippen LogP contribution in [0.5, 0.6) is 5.88 Å². The Morgan fingerprint density at radius 2 is 2.30 bits per heavy atom. The maximum atomic E-state index is 12.3. The maximum absolute atomic E-state index is 12.3. The molecule has 0 fully saturated rings. The first kappa shape index (κ1) is 6.80. The third kappa shape index (κ3) is 1.34. The molecule has 1 heterocycles. The van der Waals surface area contributed by atoms with Crippen LogP contribution in [0.4, 0.5) is 4.39 Å². The number of H-pyrrole nitrogens is 1. The first-order valence-corrected chi connectivity index (χ1v) is 2.66. The Balaban J connectivity index is 3.19. The van der Waals surface area contributed by atoms with Crippen molar-refractivity contribution in [1.82, 2.24) is 4.98 Å². The highest BCUT2D eigenvalue weighted by Gasteiger charge is 1.95. The number of aromatic amines is 1. The van der Waals surface area contributed by atoms with Crippen LogP contribution in [0.1, 0.15) is 0 Å². The summed E-state index contributed by atoms with van der Waals surface area (Å²) in [6.07, 6.45) is 0. The molecule has 4 heteroatoms. The summed E-state index contributed by atoms with van der Waals surface area (Å²) in [7, 11) is 1.35. The Bertz CT molecular complexity index is 281. The van der Waals surface area contributed by atoms with E-state index in [1.165, 1.54) is 13.2 Å². The van der Waals surface area contributed by atoms with Gasteiger partial charge in [0.25, 0.3) is 0 Å². The molecule has 0 spiro atoms. The van der Waals surface area contributed by atoms with E-state index in [2.05, 4.69) is 9.72 Å².